The number of aromatic carboxylic acids is 1. The number of aryl methyl sites for hydroxylation is 1. The molecule has 3 aromatic carbocycles. The van der Waals surface area contributed by atoms with Crippen LogP contribution in [0, 0.1) is 23.7 Å². The summed E-state index contributed by atoms with van der Waals surface area (Å²) in [5.41, 5.74) is 10.6. The van der Waals surface area contributed by atoms with E-state index >= 15 is 0 Å². The maximum absolute atomic E-state index is 13.8. The molecule has 10 N–H and O–H groups in total. The number of unbranched alkanes of at least 4 members (excludes halogenated alkanes) is 2. The lowest BCUT2D eigenvalue weighted by Crippen LogP contribution is -2.54. The highest BCUT2D eigenvalue weighted by molar-refractivity contribution is 7.85. The molecule has 2 saturated carbocycles. The van der Waals surface area contributed by atoms with Crippen molar-refractivity contribution in [1.29, 1.82) is 0 Å². The van der Waals surface area contributed by atoms with Crippen molar-refractivity contribution in [2.45, 2.75) is 175 Å². The van der Waals surface area contributed by atoms with Gasteiger partial charge in [-0.3, -0.25) is 38.5 Å². The van der Waals surface area contributed by atoms with Gasteiger partial charge in [0.1, 0.15) is 30.7 Å². The van der Waals surface area contributed by atoms with Crippen LogP contribution in [0.1, 0.15) is 161 Å². The van der Waals surface area contributed by atoms with E-state index in [0.29, 0.717) is 104 Å². The van der Waals surface area contributed by atoms with Crippen molar-refractivity contribution in [2.24, 2.45) is 22.5 Å². The second kappa shape index (κ2) is 36.0. The Kier molecular flexibility index (Phi) is 27.0. The zero-order chi connectivity index (χ0) is 76.6. The van der Waals surface area contributed by atoms with Crippen LogP contribution in [0.25, 0.3) is 21.3 Å². The Morgan fingerprint density at radius 2 is 1.60 bits per heavy atom. The molecule has 2 aliphatic carbocycles. The third-order valence-corrected chi connectivity index (χ3v) is 22.2. The molecular weight excluding hydrogens is 1420 g/mol. The summed E-state index contributed by atoms with van der Waals surface area (Å²) in [6.07, 6.45) is 12.7. The zero-order valence-electron chi connectivity index (χ0n) is 61.3. The first kappa shape index (κ1) is 80.1. The SMILES string of the molecule is Cc1c(-c2ccc(N3CCc4cccc(C(=O)Nc5nc6ccccc6s5)c4C3)nc2C(=O)O)cnn1CCCC1(OCCOCCN(CCS(=O)(=O)O)C(=O)OCc2ccc(NC(=O)[C@H](CCCNC(N)=O)NC(=O)[C@@H](NC(=O)CCCCCN3C(=O)C=CC3O)C(C)C)cc2)CC2(C)CCCC(C)(C2)C1. The van der Waals surface area contributed by atoms with Crippen LogP contribution in [-0.2, 0) is 69.6 Å². The van der Waals surface area contributed by atoms with E-state index in [1.165, 1.54) is 28.4 Å². The summed E-state index contributed by atoms with van der Waals surface area (Å²) < 4.78 is 55.1. The molecule has 8 amide bonds. The van der Waals surface area contributed by atoms with Gasteiger partial charge in [0, 0.05) is 86.4 Å². The van der Waals surface area contributed by atoms with Gasteiger partial charge in [0.25, 0.3) is 16.0 Å². The number of para-hydroxylation sites is 1. The van der Waals surface area contributed by atoms with Gasteiger partial charge in [0.2, 0.25) is 23.6 Å². The van der Waals surface area contributed by atoms with E-state index in [2.05, 4.69) is 45.4 Å². The number of rotatable bonds is 37. The molecule has 31 heteroatoms. The van der Waals surface area contributed by atoms with E-state index in [1.807, 2.05) is 59.0 Å². The van der Waals surface area contributed by atoms with E-state index in [0.717, 1.165) is 70.5 Å². The van der Waals surface area contributed by atoms with Crippen LogP contribution in [0.4, 0.5) is 26.2 Å². The molecular formula is C76H99N13O16S2. The van der Waals surface area contributed by atoms with E-state index < -0.39 is 76.2 Å². The van der Waals surface area contributed by atoms with Crippen LogP contribution in [-0.4, -0.2) is 183 Å². The Balaban J connectivity index is 0.704. The van der Waals surface area contributed by atoms with E-state index in [4.69, 9.17) is 30.0 Å². The van der Waals surface area contributed by atoms with Crippen molar-refractivity contribution in [3.05, 3.63) is 131 Å². The lowest BCUT2D eigenvalue weighted by molar-refractivity contribution is -0.165. The molecule has 5 heterocycles. The van der Waals surface area contributed by atoms with Gasteiger partial charge in [-0.25, -0.2) is 24.4 Å². The molecule has 6 aromatic rings. The minimum absolute atomic E-state index is 0.0170. The number of ether oxygens (including phenoxy) is 3. The Labute approximate surface area is 626 Å². The standard InChI is InChI=1S/C76H99N13O16S2/c1-49(2)65(84-62(90)20-7-6-10-34-88-63(91)27-28-64(88)92)69(95)81-59(18-12-33-78-71(77)98)68(94)80-53-23-21-51(22-24-53)45-104-73(99)86(38-42-107(100,101)102)37-39-103-40-41-105-76(47-74(4)30-13-31-75(5,46-74)48-76)32-14-35-89-50(3)56(43-79-89)54-25-26-61(83-66(54)70(96)97)87-36-29-52-15-11-16-55(57(52)44-87)67(93)85-72-82-58-17-8-9-19-60(58)106-72/h8-9,11,15-17,19,21-28,43,49,59,63,65,91H,6-7,10,12-14,18,20,29-42,44-48H2,1-5H3,(H,80,94)(H,81,95)(H,84,90)(H,96,97)(H3,77,78,98)(H,82,85,93)(H,100,101,102)/t59-,63?,65-,74?,75?,76?/m0/s1. The van der Waals surface area contributed by atoms with Crippen molar-refractivity contribution in [3.63, 3.8) is 0 Å². The number of carboxylic acid groups (broad SMARTS) is 1. The highest BCUT2D eigenvalue weighted by atomic mass is 32.2. The number of carboxylic acids is 1. The summed E-state index contributed by atoms with van der Waals surface area (Å²) in [4.78, 5) is 118. The number of aliphatic hydroxyl groups excluding tert-OH is 1. The zero-order valence-corrected chi connectivity index (χ0v) is 62.9. The molecule has 0 spiro atoms. The molecule has 107 heavy (non-hydrogen) atoms. The number of anilines is 3. The lowest BCUT2D eigenvalue weighted by Gasteiger charge is -2.57. The Bertz CT molecular complexity index is 4290. The van der Waals surface area contributed by atoms with Crippen LogP contribution in [0.5, 0.6) is 0 Å². The maximum Gasteiger partial charge on any atom is 0.410 e. The van der Waals surface area contributed by atoms with Gasteiger partial charge in [-0.1, -0.05) is 88.3 Å². The number of urea groups is 1. The maximum atomic E-state index is 13.8. The number of nitrogens with zero attached hydrogens (tertiary/aromatic N) is 7. The van der Waals surface area contributed by atoms with Crippen molar-refractivity contribution < 1.29 is 75.8 Å². The highest BCUT2D eigenvalue weighted by Gasteiger charge is 2.53. The molecule has 2 aliphatic heterocycles. The number of primary amides is 1. The Morgan fingerprint density at radius 1 is 0.832 bits per heavy atom. The van der Waals surface area contributed by atoms with Crippen molar-refractivity contribution in [2.75, 3.05) is 73.8 Å². The van der Waals surface area contributed by atoms with Gasteiger partial charge in [-0.05, 0) is 166 Å². The number of carbonyl (C=O) groups is 8. The van der Waals surface area contributed by atoms with Gasteiger partial charge in [0.15, 0.2) is 10.8 Å². The third kappa shape index (κ3) is 21.9. The number of hydrogen-bond donors (Lipinski definition) is 9. The number of aliphatic hydroxyl groups is 1. The fraction of sp³-hybridized carbons (Fsp3) is 0.513. The smallest absolute Gasteiger partial charge is 0.410 e. The average Bonchev–Trinajstić information content (AvgIpc) is 1.26. The number of benzene rings is 3. The van der Waals surface area contributed by atoms with Crippen LogP contribution >= 0.6 is 11.3 Å². The molecule has 5 atom stereocenters. The number of amides is 8. The fourth-order valence-corrected chi connectivity index (χ4v) is 16.9. The molecule has 0 radical (unpaired) electrons. The Hall–Kier alpha value is -9.40. The van der Waals surface area contributed by atoms with Crippen molar-refractivity contribution >= 4 is 95.9 Å². The first-order valence-corrected chi connectivity index (χ1v) is 39.1. The molecule has 29 nitrogen and oxygen atoms in total. The Morgan fingerprint density at radius 3 is 2.31 bits per heavy atom. The first-order chi connectivity index (χ1) is 51.0. The number of thiazole rings is 1. The number of carbonyl (C=O) groups excluding carboxylic acids is 7. The molecule has 3 aromatic heterocycles. The minimum atomic E-state index is -4.49. The second-order valence-electron chi connectivity index (χ2n) is 29.5. The summed E-state index contributed by atoms with van der Waals surface area (Å²) in [5.74, 6) is -3.96. The van der Waals surface area contributed by atoms with E-state index in [1.54, 1.807) is 56.4 Å². The van der Waals surface area contributed by atoms with Gasteiger partial charge < -0.3 is 66.1 Å². The highest BCUT2D eigenvalue weighted by Crippen LogP contribution is 2.60. The molecule has 0 saturated heterocycles. The van der Waals surface area contributed by atoms with Crippen LogP contribution in [0.2, 0.25) is 0 Å². The summed E-state index contributed by atoms with van der Waals surface area (Å²) >= 11 is 1.40. The lowest BCUT2D eigenvalue weighted by atomic mass is 9.51. The molecule has 10 rings (SSSR count). The van der Waals surface area contributed by atoms with Crippen LogP contribution < -0.4 is 37.2 Å². The summed E-state index contributed by atoms with van der Waals surface area (Å²) in [7, 11) is -4.49. The van der Waals surface area contributed by atoms with Gasteiger partial charge in [-0.15, -0.1) is 0 Å². The fourth-order valence-electron chi connectivity index (χ4n) is 15.6. The molecule has 2 fully saturated rings. The van der Waals surface area contributed by atoms with Crippen LogP contribution in [0.3, 0.4) is 0 Å². The van der Waals surface area contributed by atoms with E-state index in [-0.39, 0.29) is 98.9 Å². The van der Waals surface area contributed by atoms with Gasteiger partial charge in [0.05, 0.1) is 47.6 Å². The predicted molar refractivity (Wildman–Crippen MR) is 403 cm³/mol. The molecule has 3 unspecified atom stereocenters. The van der Waals surface area contributed by atoms with Crippen molar-refractivity contribution in [1.82, 2.24) is 45.5 Å². The summed E-state index contributed by atoms with van der Waals surface area (Å²) in [6.45, 7) is 11.6. The molecule has 576 valence electrons. The van der Waals surface area contributed by atoms with Gasteiger partial charge in [-0.2, -0.15) is 13.5 Å². The first-order valence-electron chi connectivity index (χ1n) is 36.6. The summed E-state index contributed by atoms with van der Waals surface area (Å²) in [5, 5.41) is 39.7. The number of fused-ring (bicyclic) bond motifs is 4. The number of pyridine rings is 1. The largest absolute Gasteiger partial charge is 0.476 e. The normalized spacial score (nSPS) is 19.6. The number of nitrogens with one attached hydrogen (secondary N) is 5. The number of aromatic nitrogens is 4. The number of nitrogens with two attached hydrogens (primary N) is 1. The quantitative estimate of drug-likeness (QED) is 0.0130. The van der Waals surface area contributed by atoms with Crippen molar-refractivity contribution in [3.8, 4) is 11.1 Å². The topological polar surface area (TPSA) is 399 Å². The third-order valence-electron chi connectivity index (χ3n) is 20.5. The van der Waals surface area contributed by atoms with E-state index in [9.17, 15) is 61.5 Å². The summed E-state index contributed by atoms with van der Waals surface area (Å²) in [6, 6.07) is 20.4. The second-order valence-corrected chi connectivity index (χ2v) is 32.1. The van der Waals surface area contributed by atoms with Crippen LogP contribution in [0.15, 0.2) is 97.2 Å². The predicted octanol–water partition coefficient (Wildman–Crippen LogP) is 9.13. The monoisotopic (exact) mass is 1510 g/mol. The minimum Gasteiger partial charge on any atom is -0.476 e. The van der Waals surface area contributed by atoms with Gasteiger partial charge >= 0.3 is 18.1 Å². The average molecular weight is 1510 g/mol. The molecule has 4 aliphatic rings. The number of hydrogen-bond acceptors (Lipinski definition) is 19. The molecule has 2 bridgehead atoms.